The number of nitrogen functional groups attached to an aromatic ring is 1. The first kappa shape index (κ1) is 12.9. The number of carbonyl (C=O) groups is 1. The van der Waals surface area contributed by atoms with Crippen LogP contribution >= 0.6 is 0 Å². The molecule has 4 nitrogen and oxygen atoms in total. The molecule has 1 aliphatic rings. The van der Waals surface area contributed by atoms with Crippen molar-refractivity contribution in [3.05, 3.63) is 24.0 Å². The van der Waals surface area contributed by atoms with Gasteiger partial charge in [-0.15, -0.1) is 0 Å². The summed E-state index contributed by atoms with van der Waals surface area (Å²) in [6.45, 7) is 2.98. The number of pyridine rings is 1. The molecule has 1 aromatic rings. The van der Waals surface area contributed by atoms with E-state index in [1.165, 1.54) is 12.8 Å². The lowest BCUT2D eigenvalue weighted by Gasteiger charge is -2.29. The zero-order chi connectivity index (χ0) is 13.0. The smallest absolute Gasteiger partial charge is 0.272 e. The van der Waals surface area contributed by atoms with Crippen LogP contribution in [0.1, 0.15) is 49.5 Å². The van der Waals surface area contributed by atoms with E-state index in [-0.39, 0.29) is 5.91 Å². The van der Waals surface area contributed by atoms with Crippen LogP contribution in [0.2, 0.25) is 0 Å². The molecule has 98 valence electrons. The summed E-state index contributed by atoms with van der Waals surface area (Å²) in [4.78, 5) is 18.6. The maximum atomic E-state index is 12.5. The Balaban J connectivity index is 2.19. The monoisotopic (exact) mass is 247 g/mol. The fourth-order valence-corrected chi connectivity index (χ4v) is 2.58. The number of amides is 1. The standard InChI is InChI=1S/C14H21N3O/c1-2-12-6-4-3-5-9-17(12)14(18)13-10-11(15)7-8-16-13/h7-8,10,12H,2-6,9H2,1H3,(H2,15,16). The first-order valence-corrected chi connectivity index (χ1v) is 6.75. The van der Waals surface area contributed by atoms with Crippen LogP contribution in [0.25, 0.3) is 0 Å². The largest absolute Gasteiger partial charge is 0.399 e. The molecule has 0 bridgehead atoms. The Morgan fingerprint density at radius 1 is 1.50 bits per heavy atom. The molecule has 18 heavy (non-hydrogen) atoms. The average molecular weight is 247 g/mol. The molecule has 4 heteroatoms. The fourth-order valence-electron chi connectivity index (χ4n) is 2.58. The number of likely N-dealkylation sites (tertiary alicyclic amines) is 1. The van der Waals surface area contributed by atoms with Crippen LogP contribution in [0.15, 0.2) is 18.3 Å². The number of hydrogen-bond donors (Lipinski definition) is 1. The minimum atomic E-state index is 0.0241. The molecule has 2 N–H and O–H groups in total. The van der Waals surface area contributed by atoms with Gasteiger partial charge in [0, 0.05) is 24.5 Å². The van der Waals surface area contributed by atoms with Gasteiger partial charge in [0.1, 0.15) is 5.69 Å². The molecule has 1 aromatic heterocycles. The fraction of sp³-hybridized carbons (Fsp3) is 0.571. The van der Waals surface area contributed by atoms with Crippen LogP contribution in [-0.4, -0.2) is 28.4 Å². The molecule has 1 amide bonds. The van der Waals surface area contributed by atoms with Crippen LogP contribution in [-0.2, 0) is 0 Å². The second kappa shape index (κ2) is 5.85. The van der Waals surface area contributed by atoms with Gasteiger partial charge in [0.15, 0.2) is 0 Å². The molecule has 0 saturated carbocycles. The highest BCUT2D eigenvalue weighted by Gasteiger charge is 2.25. The minimum absolute atomic E-state index is 0.0241. The molecule has 2 rings (SSSR count). The third kappa shape index (κ3) is 2.81. The predicted octanol–water partition coefficient (Wildman–Crippen LogP) is 2.46. The summed E-state index contributed by atoms with van der Waals surface area (Å²) >= 11 is 0. The topological polar surface area (TPSA) is 59.2 Å². The van der Waals surface area contributed by atoms with Gasteiger partial charge in [-0.25, -0.2) is 0 Å². The van der Waals surface area contributed by atoms with Crippen LogP contribution in [0.5, 0.6) is 0 Å². The minimum Gasteiger partial charge on any atom is -0.399 e. The van der Waals surface area contributed by atoms with E-state index in [1.54, 1.807) is 18.3 Å². The normalized spacial score (nSPS) is 20.5. The average Bonchev–Trinajstić information content (AvgIpc) is 2.62. The molecule has 0 radical (unpaired) electrons. The Labute approximate surface area is 108 Å². The van der Waals surface area contributed by atoms with Crippen molar-refractivity contribution in [2.45, 2.75) is 45.1 Å². The number of carbonyl (C=O) groups excluding carboxylic acids is 1. The van der Waals surface area contributed by atoms with Crippen molar-refractivity contribution in [2.75, 3.05) is 12.3 Å². The van der Waals surface area contributed by atoms with Gasteiger partial charge in [0.2, 0.25) is 0 Å². The molecular weight excluding hydrogens is 226 g/mol. The van der Waals surface area contributed by atoms with Gasteiger partial charge >= 0.3 is 0 Å². The highest BCUT2D eigenvalue weighted by Crippen LogP contribution is 2.21. The van der Waals surface area contributed by atoms with Crippen molar-refractivity contribution >= 4 is 11.6 Å². The summed E-state index contributed by atoms with van der Waals surface area (Å²) in [5, 5.41) is 0. The third-order valence-electron chi connectivity index (χ3n) is 3.61. The van der Waals surface area contributed by atoms with Crippen molar-refractivity contribution in [2.24, 2.45) is 0 Å². The van der Waals surface area contributed by atoms with Gasteiger partial charge in [-0.2, -0.15) is 0 Å². The van der Waals surface area contributed by atoms with Crippen LogP contribution in [0.4, 0.5) is 5.69 Å². The molecule has 1 aliphatic heterocycles. The van der Waals surface area contributed by atoms with Crippen molar-refractivity contribution in [1.82, 2.24) is 9.88 Å². The van der Waals surface area contributed by atoms with Crippen LogP contribution in [0, 0.1) is 0 Å². The second-order valence-electron chi connectivity index (χ2n) is 4.88. The predicted molar refractivity (Wildman–Crippen MR) is 72.2 cm³/mol. The molecule has 1 atom stereocenters. The van der Waals surface area contributed by atoms with Crippen LogP contribution in [0.3, 0.4) is 0 Å². The second-order valence-corrected chi connectivity index (χ2v) is 4.88. The summed E-state index contributed by atoms with van der Waals surface area (Å²) < 4.78 is 0. The van der Waals surface area contributed by atoms with Crippen molar-refractivity contribution in [1.29, 1.82) is 0 Å². The molecule has 1 saturated heterocycles. The number of hydrogen-bond acceptors (Lipinski definition) is 3. The lowest BCUT2D eigenvalue weighted by molar-refractivity contribution is 0.0672. The van der Waals surface area contributed by atoms with E-state index in [9.17, 15) is 4.79 Å². The molecule has 0 spiro atoms. The first-order chi connectivity index (χ1) is 8.72. The lowest BCUT2D eigenvalue weighted by atomic mass is 10.1. The summed E-state index contributed by atoms with van der Waals surface area (Å²) in [5.74, 6) is 0.0241. The molecule has 1 unspecified atom stereocenters. The number of nitrogens with zero attached hydrogens (tertiary/aromatic N) is 2. The zero-order valence-electron chi connectivity index (χ0n) is 10.9. The Morgan fingerprint density at radius 2 is 2.33 bits per heavy atom. The summed E-state index contributed by atoms with van der Waals surface area (Å²) in [5.41, 5.74) is 6.77. The Morgan fingerprint density at radius 3 is 3.06 bits per heavy atom. The molecule has 0 aliphatic carbocycles. The Hall–Kier alpha value is -1.58. The van der Waals surface area contributed by atoms with Gasteiger partial charge in [-0.1, -0.05) is 19.8 Å². The summed E-state index contributed by atoms with van der Waals surface area (Å²) in [6.07, 6.45) is 7.22. The maximum Gasteiger partial charge on any atom is 0.272 e. The number of aromatic nitrogens is 1. The number of anilines is 1. The molecular formula is C14H21N3O. The van der Waals surface area contributed by atoms with Gasteiger partial charge in [-0.05, 0) is 31.4 Å². The van der Waals surface area contributed by atoms with E-state index in [2.05, 4.69) is 11.9 Å². The van der Waals surface area contributed by atoms with Gasteiger partial charge < -0.3 is 10.6 Å². The van der Waals surface area contributed by atoms with E-state index < -0.39 is 0 Å². The van der Waals surface area contributed by atoms with E-state index in [4.69, 9.17) is 5.73 Å². The number of rotatable bonds is 2. The van der Waals surface area contributed by atoms with Crippen LogP contribution < -0.4 is 5.73 Å². The number of nitrogens with two attached hydrogens (primary N) is 1. The molecule has 0 aromatic carbocycles. The summed E-state index contributed by atoms with van der Waals surface area (Å²) in [7, 11) is 0. The van der Waals surface area contributed by atoms with E-state index in [0.29, 0.717) is 17.4 Å². The lowest BCUT2D eigenvalue weighted by Crippen LogP contribution is -2.40. The zero-order valence-corrected chi connectivity index (χ0v) is 10.9. The van der Waals surface area contributed by atoms with E-state index in [0.717, 1.165) is 25.8 Å². The van der Waals surface area contributed by atoms with E-state index >= 15 is 0 Å². The SMILES string of the molecule is CCC1CCCCCN1C(=O)c1cc(N)ccn1. The first-order valence-electron chi connectivity index (χ1n) is 6.75. The Kier molecular flexibility index (Phi) is 4.18. The third-order valence-corrected chi connectivity index (χ3v) is 3.61. The highest BCUT2D eigenvalue weighted by atomic mass is 16.2. The quantitative estimate of drug-likeness (QED) is 0.873. The van der Waals surface area contributed by atoms with Crippen molar-refractivity contribution in [3.8, 4) is 0 Å². The van der Waals surface area contributed by atoms with Gasteiger partial charge in [0.05, 0.1) is 0 Å². The van der Waals surface area contributed by atoms with Crippen molar-refractivity contribution < 1.29 is 4.79 Å². The molecule has 2 heterocycles. The molecule has 1 fully saturated rings. The highest BCUT2D eigenvalue weighted by molar-refractivity contribution is 5.93. The van der Waals surface area contributed by atoms with Gasteiger partial charge in [0.25, 0.3) is 5.91 Å². The van der Waals surface area contributed by atoms with Gasteiger partial charge in [-0.3, -0.25) is 9.78 Å². The maximum absolute atomic E-state index is 12.5. The Bertz CT molecular complexity index is 419. The van der Waals surface area contributed by atoms with Crippen molar-refractivity contribution in [3.63, 3.8) is 0 Å². The van der Waals surface area contributed by atoms with E-state index in [1.807, 2.05) is 4.90 Å². The summed E-state index contributed by atoms with van der Waals surface area (Å²) in [6, 6.07) is 3.72.